The number of benzene rings is 1. The monoisotopic (exact) mass is 382 g/mol. The summed E-state index contributed by atoms with van der Waals surface area (Å²) < 4.78 is 10.3. The molecular formula is C21H22N2O5. The lowest BCUT2D eigenvalue weighted by Crippen LogP contribution is -2.33. The van der Waals surface area contributed by atoms with Crippen LogP contribution in [0.2, 0.25) is 0 Å². The summed E-state index contributed by atoms with van der Waals surface area (Å²) in [6.07, 6.45) is 1.59. The SMILES string of the molecule is COCCN1C(=O)C(=O)/C(=C(\O)c2ccc(OC)cc2C)C1c1ccccn1. The molecule has 0 spiro atoms. The molecule has 1 unspecified atom stereocenters. The first-order valence-electron chi connectivity index (χ1n) is 8.83. The van der Waals surface area contributed by atoms with Crippen molar-refractivity contribution in [1.82, 2.24) is 9.88 Å². The Morgan fingerprint density at radius 1 is 1.21 bits per heavy atom. The van der Waals surface area contributed by atoms with Crippen molar-refractivity contribution in [3.63, 3.8) is 0 Å². The van der Waals surface area contributed by atoms with Crippen LogP contribution in [0, 0.1) is 6.92 Å². The minimum atomic E-state index is -0.780. The molecule has 0 aliphatic carbocycles. The number of pyridine rings is 1. The second-order valence-electron chi connectivity index (χ2n) is 6.42. The Kier molecular flexibility index (Phi) is 5.75. The molecule has 2 heterocycles. The fourth-order valence-electron chi connectivity index (χ4n) is 3.32. The summed E-state index contributed by atoms with van der Waals surface area (Å²) in [6, 6.07) is 9.59. The molecular weight excluding hydrogens is 360 g/mol. The molecule has 3 rings (SSSR count). The molecule has 1 fully saturated rings. The molecule has 1 amide bonds. The number of carbonyl (C=O) groups is 2. The molecule has 0 saturated carbocycles. The Morgan fingerprint density at radius 3 is 2.61 bits per heavy atom. The predicted octanol–water partition coefficient (Wildman–Crippen LogP) is 2.47. The molecule has 146 valence electrons. The normalized spacial score (nSPS) is 18.5. The van der Waals surface area contributed by atoms with Gasteiger partial charge in [-0.25, -0.2) is 0 Å². The third-order valence-corrected chi connectivity index (χ3v) is 4.73. The van der Waals surface area contributed by atoms with Gasteiger partial charge in [0.1, 0.15) is 17.6 Å². The summed E-state index contributed by atoms with van der Waals surface area (Å²) in [7, 11) is 3.07. The number of hydrogen-bond donors (Lipinski definition) is 1. The van der Waals surface area contributed by atoms with Crippen LogP contribution >= 0.6 is 0 Å². The lowest BCUT2D eigenvalue weighted by molar-refractivity contribution is -0.140. The van der Waals surface area contributed by atoms with Crippen LogP contribution in [0.1, 0.15) is 22.9 Å². The van der Waals surface area contributed by atoms with E-state index in [1.807, 2.05) is 0 Å². The number of rotatable bonds is 6. The van der Waals surface area contributed by atoms with Gasteiger partial charge in [0, 0.05) is 25.4 Å². The number of methoxy groups -OCH3 is 2. The summed E-state index contributed by atoms with van der Waals surface area (Å²) in [5, 5.41) is 11.0. The Balaban J connectivity index is 2.16. The second-order valence-corrected chi connectivity index (χ2v) is 6.42. The fraction of sp³-hybridized carbons (Fsp3) is 0.286. The number of Topliss-reactive ketones (excluding diaryl/α,β-unsaturated/α-hetero) is 1. The molecule has 7 heteroatoms. The number of likely N-dealkylation sites (tertiary alicyclic amines) is 1. The van der Waals surface area contributed by atoms with Crippen molar-refractivity contribution >= 4 is 17.4 Å². The maximum Gasteiger partial charge on any atom is 0.295 e. The highest BCUT2D eigenvalue weighted by molar-refractivity contribution is 6.46. The van der Waals surface area contributed by atoms with Crippen molar-refractivity contribution < 1.29 is 24.2 Å². The summed E-state index contributed by atoms with van der Waals surface area (Å²) in [5.74, 6) is -1.01. The van der Waals surface area contributed by atoms with Crippen molar-refractivity contribution in [2.75, 3.05) is 27.4 Å². The molecule has 0 radical (unpaired) electrons. The number of aliphatic hydroxyl groups is 1. The van der Waals surface area contributed by atoms with Gasteiger partial charge < -0.3 is 19.5 Å². The first kappa shape index (κ1) is 19.6. The number of aliphatic hydroxyl groups excluding tert-OH is 1. The van der Waals surface area contributed by atoms with E-state index in [4.69, 9.17) is 9.47 Å². The van der Waals surface area contributed by atoms with Crippen molar-refractivity contribution in [2.24, 2.45) is 0 Å². The zero-order chi connectivity index (χ0) is 20.3. The number of ether oxygens (including phenoxy) is 2. The van der Waals surface area contributed by atoms with Gasteiger partial charge in [-0.2, -0.15) is 0 Å². The summed E-state index contributed by atoms with van der Waals surface area (Å²) in [5.41, 5.74) is 1.71. The molecule has 1 N–H and O–H groups in total. The molecule has 7 nitrogen and oxygen atoms in total. The molecule has 1 aliphatic heterocycles. The third-order valence-electron chi connectivity index (χ3n) is 4.73. The van der Waals surface area contributed by atoms with Gasteiger partial charge in [0.05, 0.1) is 25.0 Å². The summed E-state index contributed by atoms with van der Waals surface area (Å²) >= 11 is 0. The van der Waals surface area contributed by atoms with Crippen molar-refractivity contribution in [3.05, 3.63) is 65.0 Å². The molecule has 1 saturated heterocycles. The minimum Gasteiger partial charge on any atom is -0.507 e. The zero-order valence-corrected chi connectivity index (χ0v) is 16.0. The highest BCUT2D eigenvalue weighted by atomic mass is 16.5. The number of carbonyl (C=O) groups excluding carboxylic acids is 2. The Labute approximate surface area is 163 Å². The standard InChI is InChI=1S/C21H22N2O5/c1-13-12-14(28-3)7-8-15(13)19(24)17-18(16-6-4-5-9-22-16)23(10-11-27-2)21(26)20(17)25/h4-9,12,18,24H,10-11H2,1-3H3/b19-17-. The van der Waals surface area contributed by atoms with E-state index in [1.165, 1.54) is 12.0 Å². The lowest BCUT2D eigenvalue weighted by atomic mass is 9.96. The van der Waals surface area contributed by atoms with E-state index in [1.54, 1.807) is 56.6 Å². The number of ketones is 1. The van der Waals surface area contributed by atoms with Gasteiger partial charge in [-0.1, -0.05) is 6.07 Å². The highest BCUT2D eigenvalue weighted by Crippen LogP contribution is 2.39. The summed E-state index contributed by atoms with van der Waals surface area (Å²) in [4.78, 5) is 31.2. The Bertz CT molecular complexity index is 924. The number of amides is 1. The molecule has 0 bridgehead atoms. The maximum atomic E-state index is 12.8. The molecule has 1 atom stereocenters. The van der Waals surface area contributed by atoms with E-state index in [0.717, 1.165) is 5.56 Å². The maximum absolute atomic E-state index is 12.8. The van der Waals surface area contributed by atoms with Crippen LogP contribution in [0.3, 0.4) is 0 Å². The molecule has 1 aromatic carbocycles. The minimum absolute atomic E-state index is 0.0214. The van der Waals surface area contributed by atoms with Crippen LogP contribution in [0.4, 0.5) is 0 Å². The van der Waals surface area contributed by atoms with Gasteiger partial charge in [-0.3, -0.25) is 14.6 Å². The van der Waals surface area contributed by atoms with Crippen molar-refractivity contribution in [3.8, 4) is 5.75 Å². The van der Waals surface area contributed by atoms with E-state index < -0.39 is 17.7 Å². The van der Waals surface area contributed by atoms with Gasteiger partial charge >= 0.3 is 0 Å². The van der Waals surface area contributed by atoms with Gasteiger partial charge in [0.25, 0.3) is 11.7 Å². The molecule has 28 heavy (non-hydrogen) atoms. The van der Waals surface area contributed by atoms with Crippen LogP contribution in [-0.2, 0) is 14.3 Å². The van der Waals surface area contributed by atoms with Gasteiger partial charge in [-0.15, -0.1) is 0 Å². The largest absolute Gasteiger partial charge is 0.507 e. The van der Waals surface area contributed by atoms with Crippen LogP contribution in [-0.4, -0.2) is 54.1 Å². The van der Waals surface area contributed by atoms with Crippen molar-refractivity contribution in [1.29, 1.82) is 0 Å². The van der Waals surface area contributed by atoms with Crippen LogP contribution in [0.15, 0.2) is 48.2 Å². The highest BCUT2D eigenvalue weighted by Gasteiger charge is 2.46. The third kappa shape index (κ3) is 3.48. The van der Waals surface area contributed by atoms with Crippen LogP contribution < -0.4 is 4.74 Å². The number of aryl methyl sites for hydroxylation is 1. The summed E-state index contributed by atoms with van der Waals surface area (Å²) in [6.45, 7) is 2.27. The first-order chi connectivity index (χ1) is 13.5. The number of nitrogens with zero attached hydrogens (tertiary/aromatic N) is 2. The predicted molar refractivity (Wildman–Crippen MR) is 103 cm³/mol. The van der Waals surface area contributed by atoms with Crippen LogP contribution in [0.25, 0.3) is 5.76 Å². The number of hydrogen-bond acceptors (Lipinski definition) is 6. The Hall–Kier alpha value is -3.19. The van der Waals surface area contributed by atoms with Gasteiger partial charge in [0.2, 0.25) is 0 Å². The van der Waals surface area contributed by atoms with E-state index >= 15 is 0 Å². The lowest BCUT2D eigenvalue weighted by Gasteiger charge is -2.24. The zero-order valence-electron chi connectivity index (χ0n) is 16.0. The smallest absolute Gasteiger partial charge is 0.295 e. The fourth-order valence-corrected chi connectivity index (χ4v) is 3.32. The topological polar surface area (TPSA) is 89.0 Å². The molecule has 2 aromatic rings. The van der Waals surface area contributed by atoms with E-state index in [-0.39, 0.29) is 24.5 Å². The average molecular weight is 382 g/mol. The molecule has 1 aliphatic rings. The van der Waals surface area contributed by atoms with E-state index in [9.17, 15) is 14.7 Å². The average Bonchev–Trinajstić information content (AvgIpc) is 2.97. The Morgan fingerprint density at radius 2 is 2.00 bits per heavy atom. The van der Waals surface area contributed by atoms with Gasteiger partial charge in [-0.05, 0) is 42.8 Å². The van der Waals surface area contributed by atoms with Crippen LogP contribution in [0.5, 0.6) is 5.75 Å². The molecule has 1 aromatic heterocycles. The van der Waals surface area contributed by atoms with Gasteiger partial charge in [0.15, 0.2) is 0 Å². The second kappa shape index (κ2) is 8.22. The van der Waals surface area contributed by atoms with E-state index in [0.29, 0.717) is 17.0 Å². The first-order valence-corrected chi connectivity index (χ1v) is 8.83. The quantitative estimate of drug-likeness (QED) is 0.469. The van der Waals surface area contributed by atoms with E-state index in [2.05, 4.69) is 4.98 Å². The van der Waals surface area contributed by atoms with Crippen molar-refractivity contribution in [2.45, 2.75) is 13.0 Å². The number of aromatic nitrogens is 1.